The molecule has 1 heterocycles. The SMILES string of the molecule is CCC(C)(C#N)C(=O)NC1C=CS(=O)(=O)C1. The molecule has 16 heavy (non-hydrogen) atoms. The molecule has 0 aliphatic carbocycles. The van der Waals surface area contributed by atoms with Gasteiger partial charge in [0.15, 0.2) is 9.84 Å². The summed E-state index contributed by atoms with van der Waals surface area (Å²) in [6.07, 6.45) is 1.82. The zero-order chi connectivity index (χ0) is 12.4. The number of sulfone groups is 1. The van der Waals surface area contributed by atoms with Crippen LogP contribution < -0.4 is 5.32 Å². The van der Waals surface area contributed by atoms with Gasteiger partial charge in [0.25, 0.3) is 0 Å². The molecule has 0 spiro atoms. The minimum Gasteiger partial charge on any atom is -0.347 e. The van der Waals surface area contributed by atoms with Crippen molar-refractivity contribution in [2.45, 2.75) is 26.3 Å². The smallest absolute Gasteiger partial charge is 0.240 e. The van der Waals surface area contributed by atoms with Crippen LogP contribution in [0.25, 0.3) is 0 Å². The fourth-order valence-corrected chi connectivity index (χ4v) is 2.52. The summed E-state index contributed by atoms with van der Waals surface area (Å²) in [7, 11) is -3.18. The van der Waals surface area contributed by atoms with Gasteiger partial charge in [-0.2, -0.15) is 5.26 Å². The van der Waals surface area contributed by atoms with Crippen LogP contribution in [0.4, 0.5) is 0 Å². The second-order valence-electron chi connectivity index (χ2n) is 4.04. The summed E-state index contributed by atoms with van der Waals surface area (Å²) in [6, 6.07) is 1.42. The maximum absolute atomic E-state index is 11.7. The maximum atomic E-state index is 11.7. The molecule has 0 bridgehead atoms. The summed E-state index contributed by atoms with van der Waals surface area (Å²) >= 11 is 0. The van der Waals surface area contributed by atoms with E-state index in [1.165, 1.54) is 13.0 Å². The van der Waals surface area contributed by atoms with E-state index in [0.717, 1.165) is 5.41 Å². The molecule has 1 aliphatic heterocycles. The highest BCUT2D eigenvalue weighted by atomic mass is 32.2. The summed E-state index contributed by atoms with van der Waals surface area (Å²) in [5.41, 5.74) is -1.10. The molecule has 5 nitrogen and oxygen atoms in total. The van der Waals surface area contributed by atoms with Crippen LogP contribution in [-0.2, 0) is 14.6 Å². The first kappa shape index (κ1) is 12.7. The Balaban J connectivity index is 2.68. The number of nitriles is 1. The summed E-state index contributed by atoms with van der Waals surface area (Å²) in [5, 5.41) is 12.5. The van der Waals surface area contributed by atoms with Gasteiger partial charge in [-0.3, -0.25) is 4.79 Å². The zero-order valence-corrected chi connectivity index (χ0v) is 10.0. The minimum atomic E-state index is -3.18. The van der Waals surface area contributed by atoms with Gasteiger partial charge in [-0.05, 0) is 19.4 Å². The van der Waals surface area contributed by atoms with Crippen LogP contribution in [0.1, 0.15) is 20.3 Å². The van der Waals surface area contributed by atoms with E-state index >= 15 is 0 Å². The van der Waals surface area contributed by atoms with E-state index in [1.54, 1.807) is 6.92 Å². The molecule has 0 radical (unpaired) electrons. The molecule has 0 aromatic rings. The molecule has 1 aliphatic rings. The number of nitrogens with zero attached hydrogens (tertiary/aromatic N) is 1. The van der Waals surface area contributed by atoms with Gasteiger partial charge in [0, 0.05) is 5.41 Å². The first-order valence-corrected chi connectivity index (χ1v) is 6.68. The van der Waals surface area contributed by atoms with Gasteiger partial charge in [-0.1, -0.05) is 6.92 Å². The van der Waals surface area contributed by atoms with Gasteiger partial charge in [0.05, 0.1) is 17.9 Å². The molecule has 0 aromatic carbocycles. The molecule has 0 aromatic heterocycles. The largest absolute Gasteiger partial charge is 0.347 e. The van der Waals surface area contributed by atoms with Crippen molar-refractivity contribution in [3.63, 3.8) is 0 Å². The van der Waals surface area contributed by atoms with Crippen molar-refractivity contribution in [3.05, 3.63) is 11.5 Å². The number of rotatable bonds is 3. The second-order valence-corrected chi connectivity index (χ2v) is 5.97. The minimum absolute atomic E-state index is 0.121. The van der Waals surface area contributed by atoms with Crippen molar-refractivity contribution < 1.29 is 13.2 Å². The number of nitrogens with one attached hydrogen (secondary N) is 1. The third kappa shape index (κ3) is 2.61. The van der Waals surface area contributed by atoms with Crippen molar-refractivity contribution in [2.75, 3.05) is 5.75 Å². The maximum Gasteiger partial charge on any atom is 0.240 e. The van der Waals surface area contributed by atoms with Crippen LogP contribution in [0.3, 0.4) is 0 Å². The number of carbonyl (C=O) groups excluding carboxylic acids is 1. The van der Waals surface area contributed by atoms with Gasteiger partial charge in [0.1, 0.15) is 5.41 Å². The zero-order valence-electron chi connectivity index (χ0n) is 9.23. The normalized spacial score (nSPS) is 25.7. The molecule has 2 atom stereocenters. The Morgan fingerprint density at radius 1 is 1.69 bits per heavy atom. The molecule has 1 N–H and O–H groups in total. The Morgan fingerprint density at radius 2 is 2.31 bits per heavy atom. The van der Waals surface area contributed by atoms with Crippen molar-refractivity contribution in [1.29, 1.82) is 5.26 Å². The Morgan fingerprint density at radius 3 is 2.69 bits per heavy atom. The fraction of sp³-hybridized carbons (Fsp3) is 0.600. The highest BCUT2D eigenvalue weighted by Gasteiger charge is 2.34. The fourth-order valence-electron chi connectivity index (χ4n) is 1.28. The van der Waals surface area contributed by atoms with Gasteiger partial charge in [-0.25, -0.2) is 8.42 Å². The molecule has 88 valence electrons. The van der Waals surface area contributed by atoms with E-state index < -0.39 is 27.2 Å². The average Bonchev–Trinajstić information content (AvgIpc) is 2.56. The number of carbonyl (C=O) groups is 1. The van der Waals surface area contributed by atoms with Crippen LogP contribution in [0.5, 0.6) is 0 Å². The topological polar surface area (TPSA) is 87.0 Å². The van der Waals surface area contributed by atoms with Crippen molar-refractivity contribution >= 4 is 15.7 Å². The van der Waals surface area contributed by atoms with E-state index in [9.17, 15) is 13.2 Å². The van der Waals surface area contributed by atoms with Crippen LogP contribution in [0.15, 0.2) is 11.5 Å². The molecule has 1 amide bonds. The highest BCUT2D eigenvalue weighted by molar-refractivity contribution is 7.94. The number of hydrogen-bond acceptors (Lipinski definition) is 4. The van der Waals surface area contributed by atoms with Crippen molar-refractivity contribution in [1.82, 2.24) is 5.32 Å². The first-order valence-electron chi connectivity index (χ1n) is 4.96. The van der Waals surface area contributed by atoms with E-state index in [2.05, 4.69) is 5.32 Å². The number of amides is 1. The predicted molar refractivity (Wildman–Crippen MR) is 58.9 cm³/mol. The summed E-state index contributed by atoms with van der Waals surface area (Å²) in [6.45, 7) is 3.28. The van der Waals surface area contributed by atoms with Gasteiger partial charge in [0.2, 0.25) is 5.91 Å². The quantitative estimate of drug-likeness (QED) is 0.773. The Labute approximate surface area is 95.1 Å². The lowest BCUT2D eigenvalue weighted by Crippen LogP contribution is -2.43. The van der Waals surface area contributed by atoms with Crippen LogP contribution in [0, 0.1) is 16.7 Å². The molecule has 0 saturated carbocycles. The summed E-state index contributed by atoms with van der Waals surface area (Å²) < 4.78 is 22.2. The Kier molecular flexibility index (Phi) is 3.38. The van der Waals surface area contributed by atoms with Crippen molar-refractivity contribution in [2.24, 2.45) is 5.41 Å². The lowest BCUT2D eigenvalue weighted by molar-refractivity contribution is -0.127. The van der Waals surface area contributed by atoms with Gasteiger partial charge >= 0.3 is 0 Å². The lowest BCUT2D eigenvalue weighted by Gasteiger charge is -2.20. The summed E-state index contributed by atoms with van der Waals surface area (Å²) in [5.74, 6) is -0.548. The molecule has 2 unspecified atom stereocenters. The number of hydrogen-bond donors (Lipinski definition) is 1. The Bertz CT molecular complexity index is 461. The molecular weight excluding hydrogens is 228 g/mol. The van der Waals surface area contributed by atoms with Gasteiger partial charge < -0.3 is 5.32 Å². The van der Waals surface area contributed by atoms with E-state index in [1.807, 2.05) is 6.07 Å². The molecule has 0 fully saturated rings. The average molecular weight is 242 g/mol. The van der Waals surface area contributed by atoms with Crippen LogP contribution in [-0.4, -0.2) is 26.1 Å². The standard InChI is InChI=1S/C10H14N2O3S/c1-3-10(2,7-11)9(13)12-8-4-5-16(14,15)6-8/h4-5,8H,3,6H2,1-2H3,(H,12,13). The second kappa shape index (κ2) is 4.26. The molecular formula is C10H14N2O3S. The van der Waals surface area contributed by atoms with Crippen molar-refractivity contribution in [3.8, 4) is 6.07 Å². The third-order valence-corrected chi connectivity index (χ3v) is 4.10. The van der Waals surface area contributed by atoms with E-state index in [-0.39, 0.29) is 5.75 Å². The molecule has 1 rings (SSSR count). The monoisotopic (exact) mass is 242 g/mol. The van der Waals surface area contributed by atoms with Gasteiger partial charge in [-0.15, -0.1) is 0 Å². The van der Waals surface area contributed by atoms with Crippen LogP contribution in [0.2, 0.25) is 0 Å². The first-order chi connectivity index (χ1) is 7.33. The third-order valence-electron chi connectivity index (χ3n) is 2.70. The predicted octanol–water partition coefficient (Wildman–Crippen LogP) is 0.353. The Hall–Kier alpha value is -1.35. The van der Waals surface area contributed by atoms with Crippen LogP contribution >= 0.6 is 0 Å². The lowest BCUT2D eigenvalue weighted by atomic mass is 9.88. The van der Waals surface area contributed by atoms with E-state index in [0.29, 0.717) is 6.42 Å². The molecule has 0 saturated heterocycles. The van der Waals surface area contributed by atoms with E-state index in [4.69, 9.17) is 5.26 Å². The highest BCUT2D eigenvalue weighted by Crippen LogP contribution is 2.20. The summed E-state index contributed by atoms with van der Waals surface area (Å²) in [4.78, 5) is 11.7. The molecule has 6 heteroatoms.